The van der Waals surface area contributed by atoms with Gasteiger partial charge in [0.1, 0.15) is 12.9 Å². The molecule has 0 saturated carbocycles. The molecule has 0 aliphatic rings. The maximum Gasteiger partial charge on any atom is 0.407 e. The second kappa shape index (κ2) is 9.73. The second-order valence-electron chi connectivity index (χ2n) is 5.41. The van der Waals surface area contributed by atoms with Gasteiger partial charge in [0.05, 0.1) is 4.92 Å². The zero-order chi connectivity index (χ0) is 18.8. The molecule has 0 spiro atoms. The summed E-state index contributed by atoms with van der Waals surface area (Å²) in [5.74, 6) is 0. The number of nitro benzene ring substituents is 1. The first-order chi connectivity index (χ1) is 12.6. The largest absolute Gasteiger partial charge is 0.445 e. The Bertz CT molecular complexity index is 803. The Balaban J connectivity index is 1.77. The molecule has 0 atom stereocenters. The summed E-state index contributed by atoms with van der Waals surface area (Å²) in [6.07, 6.45) is 3.98. The highest BCUT2D eigenvalue weighted by atomic mass is 16.6. The van der Waals surface area contributed by atoms with E-state index >= 15 is 0 Å². The van der Waals surface area contributed by atoms with Gasteiger partial charge < -0.3 is 10.1 Å². The van der Waals surface area contributed by atoms with E-state index in [2.05, 4.69) is 5.32 Å². The molecule has 7 nitrogen and oxygen atoms in total. The van der Waals surface area contributed by atoms with E-state index in [1.54, 1.807) is 18.2 Å². The number of carbonyl (C=O) groups excluding carboxylic acids is 2. The summed E-state index contributed by atoms with van der Waals surface area (Å²) in [6.45, 7) is 0.560. The van der Waals surface area contributed by atoms with Gasteiger partial charge in [0, 0.05) is 24.2 Å². The molecule has 1 N–H and O–H groups in total. The summed E-state index contributed by atoms with van der Waals surface area (Å²) in [5, 5.41) is 13.5. The van der Waals surface area contributed by atoms with Crippen LogP contribution in [0.2, 0.25) is 0 Å². The highest BCUT2D eigenvalue weighted by molar-refractivity contribution is 5.78. The fraction of sp³-hybridized carbons (Fsp3) is 0.158. The van der Waals surface area contributed by atoms with Gasteiger partial charge in [-0.1, -0.05) is 42.5 Å². The Morgan fingerprint density at radius 3 is 2.58 bits per heavy atom. The number of hydrogen-bond acceptors (Lipinski definition) is 5. The van der Waals surface area contributed by atoms with E-state index in [9.17, 15) is 19.7 Å². The Morgan fingerprint density at radius 2 is 1.88 bits per heavy atom. The molecule has 7 heteroatoms. The van der Waals surface area contributed by atoms with E-state index in [0.29, 0.717) is 24.8 Å². The van der Waals surface area contributed by atoms with Crippen molar-refractivity contribution in [3.8, 4) is 0 Å². The SMILES string of the molecule is O=Cc1cc(C=CCCNC(=O)OCc2ccccc2)cc([N+](=O)[O-])c1. The van der Waals surface area contributed by atoms with E-state index in [-0.39, 0.29) is 17.9 Å². The maximum absolute atomic E-state index is 11.6. The number of carbonyl (C=O) groups is 2. The third kappa shape index (κ3) is 6.20. The van der Waals surface area contributed by atoms with Crippen molar-refractivity contribution in [2.75, 3.05) is 6.54 Å². The van der Waals surface area contributed by atoms with Gasteiger partial charge in [-0.2, -0.15) is 0 Å². The van der Waals surface area contributed by atoms with Crippen LogP contribution in [-0.2, 0) is 11.3 Å². The Labute approximate surface area is 150 Å². The molecule has 134 valence electrons. The second-order valence-corrected chi connectivity index (χ2v) is 5.41. The lowest BCUT2D eigenvalue weighted by Crippen LogP contribution is -2.24. The van der Waals surface area contributed by atoms with Crippen molar-refractivity contribution >= 4 is 24.1 Å². The molecule has 0 fully saturated rings. The van der Waals surface area contributed by atoms with Gasteiger partial charge in [-0.15, -0.1) is 0 Å². The number of non-ortho nitro benzene ring substituents is 1. The van der Waals surface area contributed by atoms with Crippen LogP contribution in [0.5, 0.6) is 0 Å². The van der Waals surface area contributed by atoms with Crippen LogP contribution in [0.4, 0.5) is 10.5 Å². The lowest BCUT2D eigenvalue weighted by Gasteiger charge is -2.05. The summed E-state index contributed by atoms with van der Waals surface area (Å²) in [5.41, 5.74) is 1.55. The Hall–Kier alpha value is -3.48. The standard InChI is InChI=1S/C19H18N2O5/c22-13-17-10-16(11-18(12-17)21(24)25)8-4-5-9-20-19(23)26-14-15-6-2-1-3-7-15/h1-4,6-8,10-13H,5,9,14H2,(H,20,23). The third-order valence-corrected chi connectivity index (χ3v) is 3.41. The van der Waals surface area contributed by atoms with Gasteiger partial charge in [-0.05, 0) is 23.6 Å². The van der Waals surface area contributed by atoms with Crippen LogP contribution >= 0.6 is 0 Å². The first-order valence-electron chi connectivity index (χ1n) is 7.94. The van der Waals surface area contributed by atoms with Crippen LogP contribution in [0.15, 0.2) is 54.6 Å². The van der Waals surface area contributed by atoms with Gasteiger partial charge in [0.2, 0.25) is 0 Å². The van der Waals surface area contributed by atoms with E-state index in [0.717, 1.165) is 5.56 Å². The minimum Gasteiger partial charge on any atom is -0.445 e. The molecule has 0 radical (unpaired) electrons. The highest BCUT2D eigenvalue weighted by Crippen LogP contribution is 2.17. The summed E-state index contributed by atoms with van der Waals surface area (Å²) in [6, 6.07) is 13.5. The molecule has 26 heavy (non-hydrogen) atoms. The number of aldehydes is 1. The summed E-state index contributed by atoms with van der Waals surface area (Å²) >= 11 is 0. The van der Waals surface area contributed by atoms with E-state index in [1.165, 1.54) is 12.1 Å². The molecular formula is C19H18N2O5. The lowest BCUT2D eigenvalue weighted by atomic mass is 10.1. The molecular weight excluding hydrogens is 336 g/mol. The van der Waals surface area contributed by atoms with Crippen molar-refractivity contribution in [1.29, 1.82) is 0 Å². The fourth-order valence-corrected chi connectivity index (χ4v) is 2.18. The van der Waals surface area contributed by atoms with Crippen molar-refractivity contribution in [1.82, 2.24) is 5.32 Å². The molecule has 1 amide bonds. The normalized spacial score (nSPS) is 10.5. The average Bonchev–Trinajstić information content (AvgIpc) is 2.66. The Morgan fingerprint density at radius 1 is 1.15 bits per heavy atom. The number of nitro groups is 1. The number of ether oxygens (including phenoxy) is 1. The molecule has 0 bridgehead atoms. The predicted octanol–water partition coefficient (Wildman–Crippen LogP) is 3.74. The predicted molar refractivity (Wildman–Crippen MR) is 96.8 cm³/mol. The van der Waals surface area contributed by atoms with Gasteiger partial charge >= 0.3 is 6.09 Å². The van der Waals surface area contributed by atoms with E-state index < -0.39 is 11.0 Å². The zero-order valence-electron chi connectivity index (χ0n) is 14.0. The van der Waals surface area contributed by atoms with Crippen molar-refractivity contribution in [2.24, 2.45) is 0 Å². The average molecular weight is 354 g/mol. The van der Waals surface area contributed by atoms with Gasteiger partial charge in [-0.3, -0.25) is 14.9 Å². The third-order valence-electron chi connectivity index (χ3n) is 3.41. The van der Waals surface area contributed by atoms with Crippen LogP contribution in [-0.4, -0.2) is 23.8 Å². The van der Waals surface area contributed by atoms with Crippen molar-refractivity contribution < 1.29 is 19.2 Å². The number of rotatable bonds is 8. The number of nitrogens with zero attached hydrogens (tertiary/aromatic N) is 1. The molecule has 0 unspecified atom stereocenters. The minimum atomic E-state index is -0.547. The first-order valence-corrected chi connectivity index (χ1v) is 7.94. The monoisotopic (exact) mass is 354 g/mol. The molecule has 0 saturated heterocycles. The molecule has 2 aromatic carbocycles. The topological polar surface area (TPSA) is 98.5 Å². The fourth-order valence-electron chi connectivity index (χ4n) is 2.18. The summed E-state index contributed by atoms with van der Waals surface area (Å²) < 4.78 is 5.08. The van der Waals surface area contributed by atoms with Crippen molar-refractivity contribution in [3.05, 3.63) is 81.4 Å². The summed E-state index contributed by atoms with van der Waals surface area (Å²) in [4.78, 5) is 32.7. The molecule has 0 aliphatic heterocycles. The van der Waals surface area contributed by atoms with Crippen LogP contribution < -0.4 is 5.32 Å². The van der Waals surface area contributed by atoms with Crippen LogP contribution in [0.25, 0.3) is 6.08 Å². The molecule has 0 aliphatic carbocycles. The van der Waals surface area contributed by atoms with Crippen LogP contribution in [0.1, 0.15) is 27.9 Å². The molecule has 0 aromatic heterocycles. The maximum atomic E-state index is 11.6. The van der Waals surface area contributed by atoms with Crippen molar-refractivity contribution in [3.63, 3.8) is 0 Å². The van der Waals surface area contributed by atoms with Crippen LogP contribution in [0, 0.1) is 10.1 Å². The minimum absolute atomic E-state index is 0.142. The quantitative estimate of drug-likeness (QED) is 0.337. The Kier molecular flexibility index (Phi) is 7.05. The molecule has 0 heterocycles. The number of nitrogens with one attached hydrogen (secondary N) is 1. The van der Waals surface area contributed by atoms with Crippen LogP contribution in [0.3, 0.4) is 0 Å². The molecule has 2 aromatic rings. The number of amides is 1. The van der Waals surface area contributed by atoms with Gasteiger partial charge in [0.25, 0.3) is 5.69 Å². The highest BCUT2D eigenvalue weighted by Gasteiger charge is 2.08. The van der Waals surface area contributed by atoms with Gasteiger partial charge in [0.15, 0.2) is 0 Å². The molecule has 2 rings (SSSR count). The van der Waals surface area contributed by atoms with Gasteiger partial charge in [-0.25, -0.2) is 4.79 Å². The lowest BCUT2D eigenvalue weighted by molar-refractivity contribution is -0.384. The first kappa shape index (κ1) is 18.9. The summed E-state index contributed by atoms with van der Waals surface area (Å²) in [7, 11) is 0. The van der Waals surface area contributed by atoms with E-state index in [1.807, 2.05) is 30.3 Å². The smallest absolute Gasteiger partial charge is 0.407 e. The zero-order valence-corrected chi connectivity index (χ0v) is 14.0. The number of alkyl carbamates (subject to hydrolysis) is 1. The number of benzene rings is 2. The van der Waals surface area contributed by atoms with E-state index in [4.69, 9.17) is 4.74 Å². The number of hydrogen-bond donors (Lipinski definition) is 1. The van der Waals surface area contributed by atoms with Crippen molar-refractivity contribution in [2.45, 2.75) is 13.0 Å².